The van der Waals surface area contributed by atoms with Crippen molar-refractivity contribution in [2.45, 2.75) is 25.8 Å². The predicted octanol–water partition coefficient (Wildman–Crippen LogP) is 3.47. The Balaban J connectivity index is 2.34. The van der Waals surface area contributed by atoms with Crippen LogP contribution in [-0.2, 0) is 11.3 Å². The summed E-state index contributed by atoms with van der Waals surface area (Å²) in [4.78, 5) is 11.9. The molecule has 3 nitrogen and oxygen atoms in total. The van der Waals surface area contributed by atoms with Crippen molar-refractivity contribution in [3.8, 4) is 0 Å². The van der Waals surface area contributed by atoms with Gasteiger partial charge in [0.15, 0.2) is 0 Å². The number of carboxylic acids is 1. The van der Waals surface area contributed by atoms with Crippen LogP contribution < -0.4 is 0 Å². The predicted molar refractivity (Wildman–Crippen MR) is 84.2 cm³/mol. The van der Waals surface area contributed by atoms with E-state index in [1.54, 1.807) is 6.08 Å². The average Bonchev–Trinajstić information content (AvgIpc) is 2.99. The molecule has 1 aliphatic heterocycles. The summed E-state index contributed by atoms with van der Waals surface area (Å²) in [6.07, 6.45) is 8.05. The number of carboxylic acid groups (broad SMARTS) is 1. The van der Waals surface area contributed by atoms with Gasteiger partial charge in [-0.3, -0.25) is 4.79 Å². The fraction of sp³-hybridized carbons (Fsp3) is 0.250. The Bertz CT molecular complexity index is 622. The van der Waals surface area contributed by atoms with E-state index in [2.05, 4.69) is 6.58 Å². The average molecular weight is 287 g/mol. The Morgan fingerprint density at radius 1 is 1.55 bits per heavy atom. The first kappa shape index (κ1) is 14.5. The standard InChI is InChI=1S/C16H17NO2S/c1-3-5-6-11(4-2)15(20)14-8-7-13-12(16(18)19)9-10-17(13)14/h3-8,12H,1,9-10H2,2H3,(H,18,19)/b6-5-,11-4+. The molecule has 2 rings (SSSR count). The number of allylic oxidation sites excluding steroid dienone is 5. The maximum atomic E-state index is 11.2. The molecule has 0 aromatic carbocycles. The minimum Gasteiger partial charge on any atom is -0.481 e. The van der Waals surface area contributed by atoms with Crippen LogP contribution in [0.25, 0.3) is 0 Å². The van der Waals surface area contributed by atoms with Gasteiger partial charge in [-0.2, -0.15) is 0 Å². The second-order valence-corrected chi connectivity index (χ2v) is 5.05. The Hall–Kier alpha value is -1.94. The normalized spacial score (nSPS) is 18.2. The van der Waals surface area contributed by atoms with Crippen molar-refractivity contribution in [1.29, 1.82) is 0 Å². The van der Waals surface area contributed by atoms with Gasteiger partial charge in [-0.1, -0.05) is 43.1 Å². The van der Waals surface area contributed by atoms with E-state index in [1.807, 2.05) is 41.9 Å². The minimum atomic E-state index is -0.767. The zero-order valence-corrected chi connectivity index (χ0v) is 12.2. The molecule has 0 amide bonds. The minimum absolute atomic E-state index is 0.413. The van der Waals surface area contributed by atoms with Gasteiger partial charge in [0.1, 0.15) is 0 Å². The molecule has 1 aromatic heterocycles. The molecule has 1 N–H and O–H groups in total. The molecule has 4 heteroatoms. The lowest BCUT2D eigenvalue weighted by atomic mass is 10.1. The first-order valence-electron chi connectivity index (χ1n) is 6.52. The van der Waals surface area contributed by atoms with Crippen LogP contribution in [0.3, 0.4) is 0 Å². The number of carbonyl (C=O) groups is 1. The van der Waals surface area contributed by atoms with Gasteiger partial charge in [-0.25, -0.2) is 0 Å². The zero-order chi connectivity index (χ0) is 14.7. The topological polar surface area (TPSA) is 42.2 Å². The largest absolute Gasteiger partial charge is 0.481 e. The van der Waals surface area contributed by atoms with Gasteiger partial charge in [0, 0.05) is 12.2 Å². The lowest BCUT2D eigenvalue weighted by Crippen LogP contribution is -2.09. The van der Waals surface area contributed by atoms with Gasteiger partial charge in [0.05, 0.1) is 16.5 Å². The van der Waals surface area contributed by atoms with E-state index in [9.17, 15) is 9.90 Å². The summed E-state index contributed by atoms with van der Waals surface area (Å²) in [5.74, 6) is -1.18. The van der Waals surface area contributed by atoms with Gasteiger partial charge < -0.3 is 9.67 Å². The molecule has 0 fully saturated rings. The summed E-state index contributed by atoms with van der Waals surface area (Å²) in [6, 6.07) is 3.79. The fourth-order valence-corrected chi connectivity index (χ4v) is 2.88. The van der Waals surface area contributed by atoms with Crippen molar-refractivity contribution >= 4 is 23.1 Å². The Morgan fingerprint density at radius 3 is 2.90 bits per heavy atom. The third-order valence-corrected chi connectivity index (χ3v) is 3.97. The fourth-order valence-electron chi connectivity index (χ4n) is 2.51. The molecule has 2 heterocycles. The van der Waals surface area contributed by atoms with E-state index < -0.39 is 11.9 Å². The molecule has 1 aromatic rings. The molecule has 0 saturated heterocycles. The second kappa shape index (κ2) is 6.01. The summed E-state index contributed by atoms with van der Waals surface area (Å²) in [5, 5.41) is 9.20. The first-order valence-corrected chi connectivity index (χ1v) is 6.93. The third kappa shape index (κ3) is 2.51. The van der Waals surface area contributed by atoms with Gasteiger partial charge in [0.2, 0.25) is 0 Å². The van der Waals surface area contributed by atoms with Crippen molar-refractivity contribution in [3.63, 3.8) is 0 Å². The molecule has 1 unspecified atom stereocenters. The SMILES string of the molecule is C=C/C=C\C(=C/C)C(=S)c1ccc2n1CCC2C(=O)O. The van der Waals surface area contributed by atoms with Crippen LogP contribution in [0.4, 0.5) is 0 Å². The first-order chi connectivity index (χ1) is 9.60. The van der Waals surface area contributed by atoms with Crippen molar-refractivity contribution in [2.75, 3.05) is 0 Å². The highest BCUT2D eigenvalue weighted by atomic mass is 32.1. The molecule has 0 saturated carbocycles. The number of aromatic nitrogens is 1. The Morgan fingerprint density at radius 2 is 2.30 bits per heavy atom. The Kier molecular flexibility index (Phi) is 4.35. The molecule has 1 atom stereocenters. The van der Waals surface area contributed by atoms with Crippen molar-refractivity contribution in [3.05, 3.63) is 60.0 Å². The van der Waals surface area contributed by atoms with Crippen LogP contribution in [0.2, 0.25) is 0 Å². The van der Waals surface area contributed by atoms with Gasteiger partial charge >= 0.3 is 5.97 Å². The number of thiocarbonyl (C=S) groups is 1. The maximum Gasteiger partial charge on any atom is 0.312 e. The van der Waals surface area contributed by atoms with Crippen LogP contribution >= 0.6 is 12.2 Å². The molecule has 0 bridgehead atoms. The lowest BCUT2D eigenvalue weighted by molar-refractivity contribution is -0.138. The number of aliphatic carboxylic acids is 1. The van der Waals surface area contributed by atoms with Crippen molar-refractivity contribution in [1.82, 2.24) is 4.57 Å². The van der Waals surface area contributed by atoms with E-state index in [0.717, 1.165) is 21.8 Å². The van der Waals surface area contributed by atoms with Gasteiger partial charge in [0.25, 0.3) is 0 Å². The zero-order valence-electron chi connectivity index (χ0n) is 11.4. The lowest BCUT2D eigenvalue weighted by Gasteiger charge is -2.08. The molecular formula is C16H17NO2S. The molecule has 1 aliphatic rings. The monoisotopic (exact) mass is 287 g/mol. The highest BCUT2D eigenvalue weighted by molar-refractivity contribution is 7.81. The van der Waals surface area contributed by atoms with Crippen LogP contribution in [0, 0.1) is 0 Å². The summed E-state index contributed by atoms with van der Waals surface area (Å²) in [6.45, 7) is 6.29. The molecule has 0 spiro atoms. The van der Waals surface area contributed by atoms with Crippen LogP contribution in [-0.4, -0.2) is 20.5 Å². The molecular weight excluding hydrogens is 270 g/mol. The Labute approximate surface area is 123 Å². The molecule has 20 heavy (non-hydrogen) atoms. The number of fused-ring (bicyclic) bond motifs is 1. The molecule has 104 valence electrons. The highest BCUT2D eigenvalue weighted by Gasteiger charge is 2.30. The second-order valence-electron chi connectivity index (χ2n) is 4.64. The number of nitrogens with zero attached hydrogens (tertiary/aromatic N) is 1. The maximum absolute atomic E-state index is 11.2. The van der Waals surface area contributed by atoms with E-state index in [1.165, 1.54) is 0 Å². The third-order valence-electron chi connectivity index (χ3n) is 3.53. The van der Waals surface area contributed by atoms with Crippen LogP contribution in [0.5, 0.6) is 0 Å². The van der Waals surface area contributed by atoms with E-state index in [-0.39, 0.29) is 0 Å². The van der Waals surface area contributed by atoms with E-state index in [4.69, 9.17) is 12.2 Å². The number of rotatable bonds is 5. The number of hydrogen-bond donors (Lipinski definition) is 1. The highest BCUT2D eigenvalue weighted by Crippen LogP contribution is 2.31. The van der Waals surface area contributed by atoms with E-state index in [0.29, 0.717) is 13.0 Å². The number of hydrogen-bond acceptors (Lipinski definition) is 2. The van der Waals surface area contributed by atoms with Crippen molar-refractivity contribution < 1.29 is 9.90 Å². The molecule has 0 aliphatic carbocycles. The van der Waals surface area contributed by atoms with Crippen LogP contribution in [0.15, 0.2) is 48.6 Å². The van der Waals surface area contributed by atoms with Crippen molar-refractivity contribution in [2.24, 2.45) is 0 Å². The van der Waals surface area contributed by atoms with Crippen LogP contribution in [0.1, 0.15) is 30.7 Å². The van der Waals surface area contributed by atoms with E-state index >= 15 is 0 Å². The van der Waals surface area contributed by atoms with Gasteiger partial charge in [-0.05, 0) is 31.1 Å². The summed E-state index contributed by atoms with van der Waals surface area (Å²) in [7, 11) is 0. The quantitative estimate of drug-likeness (QED) is 0.390. The molecule has 0 radical (unpaired) electrons. The smallest absolute Gasteiger partial charge is 0.312 e. The van der Waals surface area contributed by atoms with Gasteiger partial charge in [-0.15, -0.1) is 0 Å². The summed E-state index contributed by atoms with van der Waals surface area (Å²) < 4.78 is 2.02. The summed E-state index contributed by atoms with van der Waals surface area (Å²) in [5.41, 5.74) is 2.71. The summed E-state index contributed by atoms with van der Waals surface area (Å²) >= 11 is 5.53.